The van der Waals surface area contributed by atoms with Gasteiger partial charge in [0, 0.05) is 17.7 Å². The molecule has 0 spiro atoms. The summed E-state index contributed by atoms with van der Waals surface area (Å²) in [6, 6.07) is 13.7. The first-order valence-electron chi connectivity index (χ1n) is 11.4. The van der Waals surface area contributed by atoms with Crippen LogP contribution in [0, 0.1) is 0 Å². The normalized spacial score (nSPS) is 13.9. The Hall–Kier alpha value is -4.59. The van der Waals surface area contributed by atoms with E-state index >= 15 is 0 Å². The zero-order valence-corrected chi connectivity index (χ0v) is 21.7. The van der Waals surface area contributed by atoms with Crippen LogP contribution >= 0.6 is 0 Å². The highest BCUT2D eigenvalue weighted by Gasteiger charge is 2.22. The minimum Gasteiger partial charge on any atom is -0.494 e. The third kappa shape index (κ3) is 6.46. The highest BCUT2D eigenvalue weighted by Crippen LogP contribution is 2.39. The Bertz CT molecular complexity index is 1580. The number of anilines is 1. The van der Waals surface area contributed by atoms with E-state index < -0.39 is 15.9 Å². The van der Waals surface area contributed by atoms with E-state index in [0.29, 0.717) is 39.9 Å². The number of methoxy groups -OCH3 is 2. The summed E-state index contributed by atoms with van der Waals surface area (Å²) in [5.41, 5.74) is 4.78. The van der Waals surface area contributed by atoms with E-state index in [-0.39, 0.29) is 29.4 Å². The van der Waals surface area contributed by atoms with Crippen molar-refractivity contribution < 1.29 is 37.1 Å². The number of fused-ring (bicyclic) bond motifs is 1. The predicted molar refractivity (Wildman–Crippen MR) is 143 cm³/mol. The number of nitrogens with zero attached hydrogens (tertiary/aromatic N) is 3. The molecule has 13 heteroatoms. The molecule has 4 rings (SSSR count). The van der Waals surface area contributed by atoms with Crippen molar-refractivity contribution in [2.45, 2.75) is 4.90 Å². The van der Waals surface area contributed by atoms with Crippen LogP contribution in [0.4, 0.5) is 17.1 Å². The Balaban J connectivity index is 1.55. The number of carbonyl (C=O) groups excluding carboxylic acids is 1. The molecular formula is C26H24N4O8S. The van der Waals surface area contributed by atoms with Crippen molar-refractivity contribution in [3.8, 4) is 17.2 Å². The third-order valence-corrected chi connectivity index (χ3v) is 6.34. The average Bonchev–Trinajstić information content (AvgIpc) is 2.94. The number of ether oxygens (including phenoxy) is 3. The van der Waals surface area contributed by atoms with E-state index in [1.54, 1.807) is 36.4 Å². The van der Waals surface area contributed by atoms with Crippen LogP contribution in [0.2, 0.25) is 0 Å². The number of hydrogen-bond donors (Lipinski definition) is 3. The lowest BCUT2D eigenvalue weighted by Gasteiger charge is -2.14. The number of hydrazone groups is 1. The van der Waals surface area contributed by atoms with Crippen LogP contribution in [0.15, 0.2) is 80.9 Å². The molecule has 1 aliphatic carbocycles. The zero-order chi connectivity index (χ0) is 28.0. The van der Waals surface area contributed by atoms with Crippen molar-refractivity contribution in [1.82, 2.24) is 0 Å². The molecule has 3 aromatic carbocycles. The Labute approximate surface area is 224 Å². The highest BCUT2D eigenvalue weighted by molar-refractivity contribution is 7.85. The van der Waals surface area contributed by atoms with E-state index in [2.05, 4.69) is 20.8 Å². The summed E-state index contributed by atoms with van der Waals surface area (Å²) in [4.78, 5) is 12.6. The molecule has 202 valence electrons. The molecule has 0 fully saturated rings. The molecule has 0 unspecified atom stereocenters. The second kappa shape index (κ2) is 11.9. The van der Waals surface area contributed by atoms with Crippen molar-refractivity contribution in [1.29, 1.82) is 0 Å². The Morgan fingerprint density at radius 2 is 1.67 bits per heavy atom. The number of nitrogens with one attached hydrogen (secondary N) is 1. The van der Waals surface area contributed by atoms with Gasteiger partial charge in [-0.1, -0.05) is 6.08 Å². The van der Waals surface area contributed by atoms with Crippen LogP contribution in [-0.2, 0) is 10.1 Å². The molecule has 0 bridgehead atoms. The minimum atomic E-state index is -4.40. The molecule has 0 saturated heterocycles. The summed E-state index contributed by atoms with van der Waals surface area (Å²) < 4.78 is 48.2. The van der Waals surface area contributed by atoms with Crippen molar-refractivity contribution in [3.63, 3.8) is 0 Å². The molecule has 0 amide bonds. The number of rotatable bonds is 10. The van der Waals surface area contributed by atoms with E-state index in [1.807, 2.05) is 0 Å². The number of Topliss-reactive ketones (excluding diaryl/α,β-unsaturated/α-hetero) is 1. The van der Waals surface area contributed by atoms with Crippen LogP contribution in [0.5, 0.6) is 17.2 Å². The smallest absolute Gasteiger partial charge is 0.294 e. The summed E-state index contributed by atoms with van der Waals surface area (Å²) in [6.07, 6.45) is 2.95. The van der Waals surface area contributed by atoms with Gasteiger partial charge in [-0.05, 0) is 54.1 Å². The number of aliphatic hydroxyl groups excluding tert-OH is 1. The lowest BCUT2D eigenvalue weighted by molar-refractivity contribution is 0.106. The van der Waals surface area contributed by atoms with Crippen LogP contribution < -0.4 is 19.6 Å². The van der Waals surface area contributed by atoms with Gasteiger partial charge in [0.2, 0.25) is 5.78 Å². The number of carbonyl (C=O) groups is 1. The lowest BCUT2D eigenvalue weighted by atomic mass is 9.95. The van der Waals surface area contributed by atoms with Gasteiger partial charge in [-0.3, -0.25) is 14.8 Å². The van der Waals surface area contributed by atoms with Gasteiger partial charge in [-0.25, -0.2) is 0 Å². The first-order valence-corrected chi connectivity index (χ1v) is 12.9. The van der Waals surface area contributed by atoms with E-state index in [4.69, 9.17) is 19.3 Å². The molecule has 0 heterocycles. The second-order valence-corrected chi connectivity index (χ2v) is 9.41. The van der Waals surface area contributed by atoms with Gasteiger partial charge in [0.15, 0.2) is 0 Å². The van der Waals surface area contributed by atoms with Gasteiger partial charge < -0.3 is 19.3 Å². The van der Waals surface area contributed by atoms with Crippen LogP contribution in [0.25, 0.3) is 6.08 Å². The van der Waals surface area contributed by atoms with Gasteiger partial charge in [-0.15, -0.1) is 5.11 Å². The van der Waals surface area contributed by atoms with Crippen LogP contribution in [0.1, 0.15) is 15.9 Å². The monoisotopic (exact) mass is 552 g/mol. The number of aliphatic hydroxyl groups is 1. The molecule has 1 aliphatic rings. The second-order valence-electron chi connectivity index (χ2n) is 7.99. The summed E-state index contributed by atoms with van der Waals surface area (Å²) in [7, 11) is -1.47. The van der Waals surface area contributed by atoms with Crippen molar-refractivity contribution in [3.05, 3.63) is 71.8 Å². The van der Waals surface area contributed by atoms with E-state index in [9.17, 15) is 17.8 Å². The maximum atomic E-state index is 12.9. The summed E-state index contributed by atoms with van der Waals surface area (Å²) >= 11 is 0. The fraction of sp³-hybridized carbons (Fsp3) is 0.154. The zero-order valence-electron chi connectivity index (χ0n) is 20.9. The third-order valence-electron chi connectivity index (χ3n) is 5.49. The molecule has 12 nitrogen and oxygen atoms in total. The van der Waals surface area contributed by atoms with Crippen molar-refractivity contribution in [2.75, 3.05) is 32.9 Å². The molecule has 39 heavy (non-hydrogen) atoms. The summed E-state index contributed by atoms with van der Waals surface area (Å²) in [5, 5.41) is 21.5. The van der Waals surface area contributed by atoms with Gasteiger partial charge in [0.1, 0.15) is 40.9 Å². The summed E-state index contributed by atoms with van der Waals surface area (Å²) in [6.45, 7) is 0.112. The summed E-state index contributed by atoms with van der Waals surface area (Å²) in [5.74, 6) is 0.869. The van der Waals surface area contributed by atoms with E-state index in [1.165, 1.54) is 38.5 Å². The predicted octanol–water partition coefficient (Wildman–Crippen LogP) is 4.41. The largest absolute Gasteiger partial charge is 0.494 e. The Morgan fingerprint density at radius 3 is 2.33 bits per heavy atom. The fourth-order valence-corrected chi connectivity index (χ4v) is 4.08. The molecule has 3 N–H and O–H groups in total. The standard InChI is InChI=1S/C26H24N4O8S/c1-36-24-15-23(25(37-2)14-22(24)29-27-17-4-6-18(7-5-17)38-12-11-31)30-28-21-10-3-16-13-19(39(33,34)35)8-9-20(16)26(21)32/h3-10,13-15,30-31H,11-12H2,1-2H3,(H,33,34,35)/b28-21-,29-27+. The van der Waals surface area contributed by atoms with Gasteiger partial charge in [0.05, 0.1) is 31.4 Å². The maximum absolute atomic E-state index is 12.9. The number of ketones is 1. The first-order chi connectivity index (χ1) is 18.7. The minimum absolute atomic E-state index is 0.0679. The first kappa shape index (κ1) is 27.4. The highest BCUT2D eigenvalue weighted by atomic mass is 32.2. The molecule has 0 saturated carbocycles. The molecule has 0 atom stereocenters. The Kier molecular flexibility index (Phi) is 8.34. The number of allylic oxidation sites excluding steroid dienone is 1. The Morgan fingerprint density at radius 1 is 0.923 bits per heavy atom. The molecule has 0 aliphatic heterocycles. The SMILES string of the molecule is COc1cc(N/N=C2/C=Cc3cc(S(=O)(=O)O)ccc3C2=O)c(OC)cc1/N=N/c1ccc(OCCO)cc1. The average molecular weight is 553 g/mol. The topological polar surface area (TPSA) is 168 Å². The maximum Gasteiger partial charge on any atom is 0.294 e. The quantitative estimate of drug-likeness (QED) is 0.187. The van der Waals surface area contributed by atoms with Gasteiger partial charge in [0.25, 0.3) is 10.1 Å². The van der Waals surface area contributed by atoms with E-state index in [0.717, 1.165) is 6.07 Å². The number of hydrogen-bond acceptors (Lipinski definition) is 11. The lowest BCUT2D eigenvalue weighted by Crippen LogP contribution is -2.18. The molecule has 0 aromatic heterocycles. The molecular weight excluding hydrogens is 528 g/mol. The number of benzene rings is 3. The van der Waals surface area contributed by atoms with Crippen molar-refractivity contribution in [2.24, 2.45) is 15.3 Å². The van der Waals surface area contributed by atoms with Gasteiger partial charge >= 0.3 is 0 Å². The number of azo groups is 1. The van der Waals surface area contributed by atoms with Crippen LogP contribution in [-0.4, -0.2) is 57.0 Å². The van der Waals surface area contributed by atoms with Crippen molar-refractivity contribution >= 4 is 44.8 Å². The van der Waals surface area contributed by atoms with Gasteiger partial charge in [-0.2, -0.15) is 18.6 Å². The fourth-order valence-electron chi connectivity index (χ4n) is 3.57. The molecule has 3 aromatic rings. The van der Waals surface area contributed by atoms with Crippen LogP contribution in [0.3, 0.4) is 0 Å². The molecule has 0 radical (unpaired) electrons.